The molecule has 0 saturated carbocycles. The molecule has 12 aromatic rings. The largest absolute Gasteiger partial charge is 0.316 e. The van der Waals surface area contributed by atoms with Crippen molar-refractivity contribution in [3.63, 3.8) is 0 Å². The third-order valence-electron chi connectivity index (χ3n) is 11.5. The van der Waals surface area contributed by atoms with Crippen LogP contribution in [0.2, 0.25) is 0 Å². The third-order valence-corrected chi connectivity index (χ3v) is 11.5. The highest BCUT2D eigenvalue weighted by molar-refractivity contribution is 6.14. The second kappa shape index (κ2) is 13.3. The van der Waals surface area contributed by atoms with Gasteiger partial charge in [0.05, 0.1) is 27.6 Å². The molecule has 0 N–H and O–H groups in total. The molecule has 6 nitrogen and oxygen atoms in total. The van der Waals surface area contributed by atoms with Gasteiger partial charge in [-0.3, -0.25) is 0 Å². The van der Waals surface area contributed by atoms with Crippen LogP contribution in [0.15, 0.2) is 206 Å². The number of hydrogen-bond acceptors (Lipinski definition) is 3. The van der Waals surface area contributed by atoms with Crippen molar-refractivity contribution in [3.8, 4) is 51.2 Å². The van der Waals surface area contributed by atoms with E-state index in [0.717, 1.165) is 61.3 Å². The summed E-state index contributed by atoms with van der Waals surface area (Å²) in [4.78, 5) is 15.5. The van der Waals surface area contributed by atoms with Crippen molar-refractivity contribution in [2.75, 3.05) is 0 Å². The molecule has 0 bridgehead atoms. The molecular weight excluding hydrogens is 721 g/mol. The molecule has 0 aliphatic heterocycles. The lowest BCUT2D eigenvalue weighted by Gasteiger charge is -2.16. The Labute approximate surface area is 339 Å². The number of para-hydroxylation sites is 4. The van der Waals surface area contributed by atoms with E-state index in [1.807, 2.05) is 36.4 Å². The minimum Gasteiger partial charge on any atom is -0.316 e. The molecule has 8 aromatic carbocycles. The van der Waals surface area contributed by atoms with E-state index in [0.29, 0.717) is 17.5 Å². The lowest BCUT2D eigenvalue weighted by molar-refractivity contribution is 1.07. The van der Waals surface area contributed by atoms with Gasteiger partial charge in [-0.25, -0.2) is 15.0 Å². The van der Waals surface area contributed by atoms with Crippen molar-refractivity contribution in [1.82, 2.24) is 28.7 Å². The Morgan fingerprint density at radius 2 is 0.729 bits per heavy atom. The Bertz CT molecular complexity index is 3430. The van der Waals surface area contributed by atoms with Gasteiger partial charge in [-0.1, -0.05) is 133 Å². The van der Waals surface area contributed by atoms with Crippen molar-refractivity contribution in [2.45, 2.75) is 0 Å². The number of fused-ring (bicyclic) bond motifs is 7. The summed E-state index contributed by atoms with van der Waals surface area (Å²) in [5.74, 6) is 1.85. The molecule has 0 aliphatic rings. The number of hydrogen-bond donors (Lipinski definition) is 0. The molecule has 0 saturated heterocycles. The molecule has 0 fully saturated rings. The fraction of sp³-hybridized carbons (Fsp3) is 0. The zero-order chi connectivity index (χ0) is 38.9. The normalized spacial score (nSPS) is 11.7. The van der Waals surface area contributed by atoms with Gasteiger partial charge < -0.3 is 13.7 Å². The summed E-state index contributed by atoms with van der Waals surface area (Å²) in [6.45, 7) is 0. The summed E-state index contributed by atoms with van der Waals surface area (Å²) in [5.41, 5.74) is 11.5. The fourth-order valence-corrected chi connectivity index (χ4v) is 8.81. The van der Waals surface area contributed by atoms with Gasteiger partial charge in [0.15, 0.2) is 17.5 Å². The first-order valence-electron chi connectivity index (χ1n) is 19.9. The quantitative estimate of drug-likeness (QED) is 0.170. The van der Waals surface area contributed by atoms with E-state index in [-0.39, 0.29) is 0 Å². The number of benzene rings is 8. The van der Waals surface area contributed by atoms with Crippen molar-refractivity contribution < 1.29 is 0 Å². The molecule has 4 heterocycles. The maximum atomic E-state index is 5.23. The molecule has 276 valence electrons. The maximum Gasteiger partial charge on any atom is 0.164 e. The van der Waals surface area contributed by atoms with Gasteiger partial charge in [-0.05, 0) is 66.7 Å². The summed E-state index contributed by atoms with van der Waals surface area (Å²) >= 11 is 0. The minimum absolute atomic E-state index is 0.600. The van der Waals surface area contributed by atoms with Gasteiger partial charge in [0.2, 0.25) is 0 Å². The zero-order valence-corrected chi connectivity index (χ0v) is 31.8. The number of rotatable bonds is 6. The fourth-order valence-electron chi connectivity index (χ4n) is 8.81. The average molecular weight is 755 g/mol. The molecule has 0 spiro atoms. The molecule has 0 amide bonds. The standard InChI is InChI=1S/C53H34N6/c1-4-16-35(17-5-1)51-54-52(36-18-6-2-7-19-36)56-53(55-51)38-30-40(58-46-25-13-10-22-42(46)43-23-11-14-26-47(43)58)33-41(31-38)59-48-27-15-12-24-44(48)45-32-37-28-29-57(49(37)34-50(45)59)39-20-8-3-9-21-39/h1-34H. The van der Waals surface area contributed by atoms with E-state index in [9.17, 15) is 0 Å². The molecule has 6 heteroatoms. The lowest BCUT2D eigenvalue weighted by Crippen LogP contribution is -2.03. The number of nitrogens with zero attached hydrogens (tertiary/aromatic N) is 6. The van der Waals surface area contributed by atoms with E-state index >= 15 is 0 Å². The van der Waals surface area contributed by atoms with Crippen LogP contribution in [-0.2, 0) is 0 Å². The highest BCUT2D eigenvalue weighted by atomic mass is 15.0. The third kappa shape index (κ3) is 5.38. The smallest absolute Gasteiger partial charge is 0.164 e. The van der Waals surface area contributed by atoms with Crippen LogP contribution in [0.4, 0.5) is 0 Å². The summed E-state index contributed by atoms with van der Waals surface area (Å²) in [6, 6.07) is 70.6. The predicted molar refractivity (Wildman–Crippen MR) is 242 cm³/mol. The van der Waals surface area contributed by atoms with Crippen molar-refractivity contribution in [1.29, 1.82) is 0 Å². The van der Waals surface area contributed by atoms with Crippen molar-refractivity contribution in [3.05, 3.63) is 206 Å². The summed E-state index contributed by atoms with van der Waals surface area (Å²) in [7, 11) is 0. The lowest BCUT2D eigenvalue weighted by atomic mass is 10.1. The first-order valence-corrected chi connectivity index (χ1v) is 19.9. The van der Waals surface area contributed by atoms with Crippen LogP contribution in [0.1, 0.15) is 0 Å². The van der Waals surface area contributed by atoms with Crippen LogP contribution in [0, 0.1) is 0 Å². The predicted octanol–water partition coefficient (Wildman–Crippen LogP) is 13.0. The van der Waals surface area contributed by atoms with Crippen molar-refractivity contribution in [2.24, 2.45) is 0 Å². The molecule has 59 heavy (non-hydrogen) atoms. The topological polar surface area (TPSA) is 53.5 Å². The Hall–Kier alpha value is -8.09. The van der Waals surface area contributed by atoms with Crippen LogP contribution in [0.5, 0.6) is 0 Å². The van der Waals surface area contributed by atoms with Gasteiger partial charge in [-0.15, -0.1) is 0 Å². The second-order valence-electron chi connectivity index (χ2n) is 14.9. The van der Waals surface area contributed by atoms with Gasteiger partial charge >= 0.3 is 0 Å². The first-order chi connectivity index (χ1) is 29.2. The van der Waals surface area contributed by atoms with Gasteiger partial charge in [0.25, 0.3) is 0 Å². The molecular formula is C53H34N6. The molecule has 0 aliphatic carbocycles. The van der Waals surface area contributed by atoms with Gasteiger partial charge in [0, 0.05) is 66.9 Å². The molecule has 4 aromatic heterocycles. The van der Waals surface area contributed by atoms with Crippen LogP contribution in [0.3, 0.4) is 0 Å². The van der Waals surface area contributed by atoms with Crippen molar-refractivity contribution >= 4 is 54.5 Å². The Morgan fingerprint density at radius 3 is 1.27 bits per heavy atom. The Balaban J connectivity index is 1.19. The zero-order valence-electron chi connectivity index (χ0n) is 31.8. The van der Waals surface area contributed by atoms with Crippen LogP contribution in [0.25, 0.3) is 106 Å². The summed E-state index contributed by atoms with van der Waals surface area (Å²) in [5, 5.41) is 5.98. The second-order valence-corrected chi connectivity index (χ2v) is 14.9. The molecule has 0 unspecified atom stereocenters. The highest BCUT2D eigenvalue weighted by Crippen LogP contribution is 2.39. The Morgan fingerprint density at radius 1 is 0.288 bits per heavy atom. The molecule has 0 radical (unpaired) electrons. The maximum absolute atomic E-state index is 5.23. The van der Waals surface area contributed by atoms with Gasteiger partial charge in [0.1, 0.15) is 0 Å². The highest BCUT2D eigenvalue weighted by Gasteiger charge is 2.20. The van der Waals surface area contributed by atoms with E-state index in [1.165, 1.54) is 26.9 Å². The summed E-state index contributed by atoms with van der Waals surface area (Å²) in [6.07, 6.45) is 2.17. The molecule has 12 rings (SSSR count). The Kier molecular flexibility index (Phi) is 7.43. The molecule has 0 atom stereocenters. The number of aromatic nitrogens is 6. The van der Waals surface area contributed by atoms with E-state index in [1.54, 1.807) is 0 Å². The first kappa shape index (κ1) is 33.1. The summed E-state index contributed by atoms with van der Waals surface area (Å²) < 4.78 is 7.06. The minimum atomic E-state index is 0.600. The van der Waals surface area contributed by atoms with E-state index in [4.69, 9.17) is 15.0 Å². The SMILES string of the molecule is c1ccc(-c2nc(-c3ccccc3)nc(-c3cc(-n4c5ccccc5c5ccccc54)cc(-n4c5ccccc5c5cc6ccn(-c7ccccc7)c6cc54)c3)n2)cc1. The van der Waals surface area contributed by atoms with E-state index < -0.39 is 0 Å². The van der Waals surface area contributed by atoms with Gasteiger partial charge in [-0.2, -0.15) is 0 Å². The van der Waals surface area contributed by atoms with Crippen LogP contribution in [-0.4, -0.2) is 28.7 Å². The monoisotopic (exact) mass is 754 g/mol. The van der Waals surface area contributed by atoms with Crippen LogP contribution >= 0.6 is 0 Å². The van der Waals surface area contributed by atoms with E-state index in [2.05, 4.69) is 184 Å². The average Bonchev–Trinajstić information content (AvgIpc) is 3.99. The van der Waals surface area contributed by atoms with Crippen LogP contribution < -0.4 is 0 Å².